The first-order valence-electron chi connectivity index (χ1n) is 5.19. The van der Waals surface area contributed by atoms with Crippen LogP contribution in [0.3, 0.4) is 0 Å². The summed E-state index contributed by atoms with van der Waals surface area (Å²) in [5, 5.41) is 17.2. The minimum absolute atomic E-state index is 0.0751. The Morgan fingerprint density at radius 2 is 1.82 bits per heavy atom. The van der Waals surface area contributed by atoms with Crippen LogP contribution in [0.15, 0.2) is 24.3 Å². The fraction of sp³-hybridized carbons (Fsp3) is 0.333. The van der Waals surface area contributed by atoms with E-state index in [0.29, 0.717) is 12.2 Å². The Morgan fingerprint density at radius 3 is 2.29 bits per heavy atom. The molecule has 0 amide bonds. The Morgan fingerprint density at radius 1 is 1.24 bits per heavy atom. The number of hydrogen-bond acceptors (Lipinski definition) is 3. The summed E-state index contributed by atoms with van der Waals surface area (Å²) in [7, 11) is 0. The lowest BCUT2D eigenvalue weighted by Gasteiger charge is -2.10. The van der Waals surface area contributed by atoms with Crippen molar-refractivity contribution in [3.8, 4) is 5.75 Å². The molecule has 92 valence electrons. The lowest BCUT2D eigenvalue weighted by Crippen LogP contribution is -2.22. The molecule has 0 aromatic heterocycles. The van der Waals surface area contributed by atoms with Crippen molar-refractivity contribution in [2.45, 2.75) is 25.9 Å². The van der Waals surface area contributed by atoms with Gasteiger partial charge in [0, 0.05) is 6.42 Å². The number of aliphatic carboxylic acids is 2. The second-order valence-electron chi connectivity index (χ2n) is 3.64. The molecule has 0 aliphatic carbocycles. The maximum atomic E-state index is 10.6. The highest BCUT2D eigenvalue weighted by molar-refractivity contribution is 5.72. The van der Waals surface area contributed by atoms with E-state index in [1.807, 2.05) is 0 Å². The van der Waals surface area contributed by atoms with Gasteiger partial charge in [-0.05, 0) is 31.0 Å². The molecule has 1 aromatic rings. The number of rotatable bonds is 6. The molecular formula is C12H14O5. The lowest BCUT2D eigenvalue weighted by atomic mass is 10.1. The molecule has 5 heteroatoms. The molecule has 1 aromatic carbocycles. The molecule has 0 heterocycles. The monoisotopic (exact) mass is 238 g/mol. The average Bonchev–Trinajstić information content (AvgIpc) is 2.28. The largest absolute Gasteiger partial charge is 0.481 e. The van der Waals surface area contributed by atoms with Crippen molar-refractivity contribution in [2.75, 3.05) is 0 Å². The van der Waals surface area contributed by atoms with Gasteiger partial charge in [-0.2, -0.15) is 0 Å². The van der Waals surface area contributed by atoms with Crippen LogP contribution in [0.2, 0.25) is 0 Å². The van der Waals surface area contributed by atoms with Gasteiger partial charge in [0.15, 0.2) is 6.10 Å². The molecule has 0 spiro atoms. The summed E-state index contributed by atoms with van der Waals surface area (Å²) in [6, 6.07) is 6.73. The van der Waals surface area contributed by atoms with Crippen LogP contribution in [0.25, 0.3) is 0 Å². The van der Waals surface area contributed by atoms with E-state index in [0.717, 1.165) is 5.56 Å². The van der Waals surface area contributed by atoms with Gasteiger partial charge >= 0.3 is 11.9 Å². The quantitative estimate of drug-likeness (QED) is 0.785. The normalized spacial score (nSPS) is 11.8. The SMILES string of the molecule is CC(Oc1ccc(CCC(=O)O)cc1)C(=O)O. The van der Waals surface area contributed by atoms with Gasteiger partial charge in [0.2, 0.25) is 0 Å². The van der Waals surface area contributed by atoms with Gasteiger partial charge in [0.05, 0.1) is 0 Å². The van der Waals surface area contributed by atoms with Crippen LogP contribution in [-0.4, -0.2) is 28.3 Å². The van der Waals surface area contributed by atoms with Crippen LogP contribution in [0.1, 0.15) is 18.9 Å². The summed E-state index contributed by atoms with van der Waals surface area (Å²) in [5.41, 5.74) is 0.878. The Labute approximate surface area is 98.6 Å². The smallest absolute Gasteiger partial charge is 0.344 e. The maximum Gasteiger partial charge on any atom is 0.344 e. The highest BCUT2D eigenvalue weighted by atomic mass is 16.5. The molecule has 1 unspecified atom stereocenters. The number of carbonyl (C=O) groups is 2. The molecule has 0 aliphatic heterocycles. The van der Waals surface area contributed by atoms with E-state index in [2.05, 4.69) is 0 Å². The van der Waals surface area contributed by atoms with Crippen molar-refractivity contribution in [1.82, 2.24) is 0 Å². The summed E-state index contributed by atoms with van der Waals surface area (Å²) in [6.45, 7) is 1.45. The first-order chi connectivity index (χ1) is 7.99. The topological polar surface area (TPSA) is 83.8 Å². The first-order valence-corrected chi connectivity index (χ1v) is 5.19. The molecule has 0 saturated carbocycles. The molecule has 2 N–H and O–H groups in total. The van der Waals surface area contributed by atoms with E-state index in [4.69, 9.17) is 14.9 Å². The zero-order valence-electron chi connectivity index (χ0n) is 9.42. The first kappa shape index (κ1) is 13.0. The van der Waals surface area contributed by atoms with Crippen molar-refractivity contribution in [1.29, 1.82) is 0 Å². The van der Waals surface area contributed by atoms with Gasteiger partial charge in [-0.3, -0.25) is 4.79 Å². The number of hydrogen-bond donors (Lipinski definition) is 2. The van der Waals surface area contributed by atoms with Crippen molar-refractivity contribution >= 4 is 11.9 Å². The van der Waals surface area contributed by atoms with E-state index in [1.54, 1.807) is 24.3 Å². The minimum atomic E-state index is -1.03. The van der Waals surface area contributed by atoms with Gasteiger partial charge in [0.25, 0.3) is 0 Å². The molecule has 0 bridgehead atoms. The van der Waals surface area contributed by atoms with E-state index in [-0.39, 0.29) is 6.42 Å². The minimum Gasteiger partial charge on any atom is -0.481 e. The lowest BCUT2D eigenvalue weighted by molar-refractivity contribution is -0.144. The number of carboxylic acid groups (broad SMARTS) is 2. The van der Waals surface area contributed by atoms with Gasteiger partial charge < -0.3 is 14.9 Å². The summed E-state index contributed by atoms with van der Waals surface area (Å²) >= 11 is 0. The number of benzene rings is 1. The van der Waals surface area contributed by atoms with E-state index in [1.165, 1.54) is 6.92 Å². The Hall–Kier alpha value is -2.04. The fourth-order valence-corrected chi connectivity index (χ4v) is 1.24. The second kappa shape index (κ2) is 5.89. The summed E-state index contributed by atoms with van der Waals surface area (Å²) in [4.78, 5) is 20.9. The molecule has 1 atom stereocenters. The van der Waals surface area contributed by atoms with Crippen molar-refractivity contribution in [3.63, 3.8) is 0 Å². The predicted octanol–water partition coefficient (Wildman–Crippen LogP) is 1.56. The van der Waals surface area contributed by atoms with E-state index >= 15 is 0 Å². The van der Waals surface area contributed by atoms with Crippen LogP contribution in [0, 0.1) is 0 Å². The van der Waals surface area contributed by atoms with Crippen molar-refractivity contribution in [3.05, 3.63) is 29.8 Å². The second-order valence-corrected chi connectivity index (χ2v) is 3.64. The van der Waals surface area contributed by atoms with Crippen LogP contribution in [0.4, 0.5) is 0 Å². The summed E-state index contributed by atoms with van der Waals surface area (Å²) in [5.74, 6) is -1.41. The highest BCUT2D eigenvalue weighted by Crippen LogP contribution is 2.15. The third kappa shape index (κ3) is 4.55. The fourth-order valence-electron chi connectivity index (χ4n) is 1.24. The molecule has 0 saturated heterocycles. The highest BCUT2D eigenvalue weighted by Gasteiger charge is 2.11. The summed E-state index contributed by atoms with van der Waals surface area (Å²) in [6.07, 6.45) is -0.379. The number of carboxylic acids is 2. The van der Waals surface area contributed by atoms with Crippen molar-refractivity contribution < 1.29 is 24.5 Å². The van der Waals surface area contributed by atoms with Gasteiger partial charge in [-0.1, -0.05) is 12.1 Å². The molecule has 5 nitrogen and oxygen atoms in total. The standard InChI is InChI=1S/C12H14O5/c1-8(12(15)16)17-10-5-2-9(3-6-10)4-7-11(13)14/h2-3,5-6,8H,4,7H2,1H3,(H,13,14)(H,15,16). The Kier molecular flexibility index (Phi) is 4.51. The average molecular weight is 238 g/mol. The van der Waals surface area contributed by atoms with Crippen LogP contribution >= 0.6 is 0 Å². The molecule has 0 radical (unpaired) electrons. The van der Waals surface area contributed by atoms with Crippen LogP contribution < -0.4 is 4.74 Å². The number of aryl methyl sites for hydroxylation is 1. The number of ether oxygens (including phenoxy) is 1. The zero-order valence-corrected chi connectivity index (χ0v) is 9.42. The molecular weight excluding hydrogens is 224 g/mol. The maximum absolute atomic E-state index is 10.6. The molecule has 17 heavy (non-hydrogen) atoms. The Bertz CT molecular complexity index is 396. The van der Waals surface area contributed by atoms with Crippen LogP contribution in [-0.2, 0) is 16.0 Å². The van der Waals surface area contributed by atoms with Crippen LogP contribution in [0.5, 0.6) is 5.75 Å². The third-order valence-electron chi connectivity index (χ3n) is 2.21. The molecule has 0 aliphatic rings. The third-order valence-corrected chi connectivity index (χ3v) is 2.21. The van der Waals surface area contributed by atoms with Gasteiger partial charge in [-0.15, -0.1) is 0 Å². The van der Waals surface area contributed by atoms with E-state index < -0.39 is 18.0 Å². The van der Waals surface area contributed by atoms with Crippen molar-refractivity contribution in [2.24, 2.45) is 0 Å². The predicted molar refractivity (Wildman–Crippen MR) is 60.1 cm³/mol. The summed E-state index contributed by atoms with van der Waals surface area (Å²) < 4.78 is 5.14. The molecule has 0 fully saturated rings. The Balaban J connectivity index is 2.55. The van der Waals surface area contributed by atoms with Gasteiger partial charge in [0.1, 0.15) is 5.75 Å². The van der Waals surface area contributed by atoms with Gasteiger partial charge in [-0.25, -0.2) is 4.79 Å². The van der Waals surface area contributed by atoms with E-state index in [9.17, 15) is 9.59 Å². The molecule has 1 rings (SSSR count). The zero-order chi connectivity index (χ0) is 12.8.